The van der Waals surface area contributed by atoms with E-state index in [0.29, 0.717) is 0 Å². The minimum atomic E-state index is -1.28. The second-order valence-electron chi connectivity index (χ2n) is 5.72. The molecule has 0 aliphatic carbocycles. The summed E-state index contributed by atoms with van der Waals surface area (Å²) in [6.07, 6.45) is 0. The fourth-order valence-corrected chi connectivity index (χ4v) is 1.79. The molecule has 0 aliphatic heterocycles. The topological polar surface area (TPSA) is 133 Å². The van der Waals surface area contributed by atoms with Crippen molar-refractivity contribution in [1.82, 2.24) is 0 Å². The van der Waals surface area contributed by atoms with Crippen LogP contribution in [0.25, 0.3) is 0 Å². The lowest BCUT2D eigenvalue weighted by Gasteiger charge is -2.22. The number of carbonyl (C=O) groups is 2. The molecule has 0 aliphatic rings. The lowest BCUT2D eigenvalue weighted by atomic mass is 9.99. The Bertz CT molecular complexity index is 606. The first kappa shape index (κ1) is 17.6. The first-order valence-corrected chi connectivity index (χ1v) is 6.47. The van der Waals surface area contributed by atoms with Gasteiger partial charge in [-0.25, -0.2) is 9.59 Å². The average Bonchev–Trinajstić information content (AvgIpc) is 2.34. The van der Waals surface area contributed by atoms with Gasteiger partial charge in [0.1, 0.15) is 11.6 Å². The Morgan fingerprint density at radius 3 is 2.45 bits per heavy atom. The summed E-state index contributed by atoms with van der Waals surface area (Å²) in [4.78, 5) is 33.0. The Morgan fingerprint density at radius 1 is 1.41 bits per heavy atom. The van der Waals surface area contributed by atoms with E-state index in [0.717, 1.165) is 0 Å². The second-order valence-corrected chi connectivity index (χ2v) is 5.72. The highest BCUT2D eigenvalue weighted by Gasteiger charge is 2.25. The molecule has 120 valence electrons. The second kappa shape index (κ2) is 6.52. The van der Waals surface area contributed by atoms with Crippen LogP contribution in [0.2, 0.25) is 0 Å². The van der Waals surface area contributed by atoms with Crippen LogP contribution in [0.3, 0.4) is 0 Å². The Balaban J connectivity index is 3.12. The van der Waals surface area contributed by atoms with E-state index in [1.54, 1.807) is 20.8 Å². The Labute approximate surface area is 127 Å². The van der Waals surface area contributed by atoms with Gasteiger partial charge in [0, 0.05) is 10.5 Å². The maximum absolute atomic E-state index is 11.9. The number of carbonyl (C=O) groups excluding carboxylic acids is 1. The minimum Gasteiger partial charge on any atom is -0.478 e. The summed E-state index contributed by atoms with van der Waals surface area (Å²) in [6.45, 7) is 4.38. The number of hydrogen-bond donors (Lipinski definition) is 2. The number of carboxylic acid groups (broad SMARTS) is 1. The molecule has 8 nitrogen and oxygen atoms in total. The predicted molar refractivity (Wildman–Crippen MR) is 76.9 cm³/mol. The molecule has 22 heavy (non-hydrogen) atoms. The first-order chi connectivity index (χ1) is 10.0. The molecule has 3 N–H and O–H groups in total. The molecule has 1 atom stereocenters. The summed E-state index contributed by atoms with van der Waals surface area (Å²) in [5.41, 5.74) is 5.10. The molecule has 0 bridgehead atoms. The van der Waals surface area contributed by atoms with Crippen LogP contribution in [-0.2, 0) is 16.1 Å². The van der Waals surface area contributed by atoms with Gasteiger partial charge in [-0.1, -0.05) is 6.07 Å². The molecule has 0 spiro atoms. The van der Waals surface area contributed by atoms with Gasteiger partial charge in [0.25, 0.3) is 0 Å². The number of nitro groups is 1. The smallest absolute Gasteiger partial charge is 0.336 e. The fourth-order valence-electron chi connectivity index (χ4n) is 1.79. The third kappa shape index (κ3) is 4.81. The first-order valence-electron chi connectivity index (χ1n) is 6.47. The van der Waals surface area contributed by atoms with Gasteiger partial charge in [0.2, 0.25) is 6.54 Å². The van der Waals surface area contributed by atoms with Crippen LogP contribution in [0, 0.1) is 10.1 Å². The zero-order valence-corrected chi connectivity index (χ0v) is 12.5. The van der Waals surface area contributed by atoms with E-state index < -0.39 is 35.0 Å². The lowest BCUT2D eigenvalue weighted by molar-refractivity contribution is -0.496. The normalized spacial score (nSPS) is 12.5. The molecule has 1 rings (SSSR count). The number of benzene rings is 1. The van der Waals surface area contributed by atoms with E-state index >= 15 is 0 Å². The van der Waals surface area contributed by atoms with E-state index in [1.807, 2.05) is 0 Å². The number of carboxylic acids is 1. The zero-order chi connectivity index (χ0) is 17.1. The molecular formula is C14H18N2O6. The number of rotatable bonds is 5. The summed E-state index contributed by atoms with van der Waals surface area (Å²) >= 11 is 0. The number of esters is 1. The molecule has 0 saturated heterocycles. The van der Waals surface area contributed by atoms with Crippen molar-refractivity contribution < 1.29 is 24.4 Å². The summed E-state index contributed by atoms with van der Waals surface area (Å²) in [7, 11) is 0. The maximum atomic E-state index is 11.9. The van der Waals surface area contributed by atoms with Gasteiger partial charge in [0.15, 0.2) is 0 Å². The fraction of sp³-hybridized carbons (Fsp3) is 0.429. The Kier molecular flexibility index (Phi) is 5.21. The molecule has 8 heteroatoms. The van der Waals surface area contributed by atoms with Crippen molar-refractivity contribution in [2.24, 2.45) is 5.73 Å². The quantitative estimate of drug-likeness (QED) is 0.478. The van der Waals surface area contributed by atoms with E-state index in [1.165, 1.54) is 18.2 Å². The highest BCUT2D eigenvalue weighted by Crippen LogP contribution is 2.20. The van der Waals surface area contributed by atoms with Crippen molar-refractivity contribution in [2.45, 2.75) is 39.0 Å². The highest BCUT2D eigenvalue weighted by atomic mass is 16.6. The largest absolute Gasteiger partial charge is 0.478 e. The molecule has 0 saturated carbocycles. The van der Waals surface area contributed by atoms with E-state index in [4.69, 9.17) is 15.6 Å². The number of hydrogen-bond acceptors (Lipinski definition) is 6. The van der Waals surface area contributed by atoms with Crippen molar-refractivity contribution in [3.63, 3.8) is 0 Å². The summed E-state index contributed by atoms with van der Waals surface area (Å²) < 4.78 is 5.14. The molecule has 1 unspecified atom stereocenters. The van der Waals surface area contributed by atoms with Gasteiger partial charge in [-0.15, -0.1) is 0 Å². The van der Waals surface area contributed by atoms with Crippen molar-refractivity contribution in [3.8, 4) is 0 Å². The van der Waals surface area contributed by atoms with Gasteiger partial charge in [-0.05, 0) is 38.5 Å². The van der Waals surface area contributed by atoms with Crippen molar-refractivity contribution in [3.05, 3.63) is 45.0 Å². The zero-order valence-electron chi connectivity index (χ0n) is 12.5. The third-order valence-corrected chi connectivity index (χ3v) is 2.68. The van der Waals surface area contributed by atoms with Crippen LogP contribution in [-0.4, -0.2) is 27.6 Å². The van der Waals surface area contributed by atoms with Crippen LogP contribution in [0.15, 0.2) is 18.2 Å². The van der Waals surface area contributed by atoms with Crippen LogP contribution in [0.4, 0.5) is 0 Å². The van der Waals surface area contributed by atoms with Gasteiger partial charge < -0.3 is 15.6 Å². The SMILES string of the molecule is CC(C)(C)OC(=O)C(N)c1ccc(C(=O)O)c(C[N+](=O)[O-])c1. The molecule has 0 radical (unpaired) electrons. The van der Waals surface area contributed by atoms with Crippen LogP contribution in [0.5, 0.6) is 0 Å². The van der Waals surface area contributed by atoms with Gasteiger partial charge in [0.05, 0.1) is 5.56 Å². The van der Waals surface area contributed by atoms with Gasteiger partial charge in [-0.3, -0.25) is 10.1 Å². The number of nitrogens with zero attached hydrogens (tertiary/aromatic N) is 1. The maximum Gasteiger partial charge on any atom is 0.336 e. The van der Waals surface area contributed by atoms with Gasteiger partial charge in [-0.2, -0.15) is 0 Å². The Hall–Kier alpha value is -2.48. The summed E-state index contributed by atoms with van der Waals surface area (Å²) in [5.74, 6) is -1.98. The van der Waals surface area contributed by atoms with Crippen molar-refractivity contribution >= 4 is 11.9 Å². The molecule has 0 heterocycles. The lowest BCUT2D eigenvalue weighted by Crippen LogP contribution is -2.31. The molecule has 0 amide bonds. The number of ether oxygens (including phenoxy) is 1. The van der Waals surface area contributed by atoms with Crippen molar-refractivity contribution in [1.29, 1.82) is 0 Å². The number of aromatic carboxylic acids is 1. The van der Waals surface area contributed by atoms with E-state index in [2.05, 4.69) is 0 Å². The summed E-state index contributed by atoms with van der Waals surface area (Å²) in [5, 5.41) is 19.7. The van der Waals surface area contributed by atoms with Crippen molar-refractivity contribution in [2.75, 3.05) is 0 Å². The van der Waals surface area contributed by atoms with E-state index in [9.17, 15) is 19.7 Å². The standard InChI is InChI=1S/C14H18N2O6/c1-14(2,3)22-13(19)11(15)8-4-5-10(12(17)18)9(6-8)7-16(20)21/h4-6,11H,7,15H2,1-3H3,(H,17,18). The molecular weight excluding hydrogens is 292 g/mol. The average molecular weight is 310 g/mol. The predicted octanol–water partition coefficient (Wildman–Crippen LogP) is 1.50. The Morgan fingerprint density at radius 2 is 2.00 bits per heavy atom. The van der Waals surface area contributed by atoms with Crippen LogP contribution in [0.1, 0.15) is 48.3 Å². The molecule has 0 fully saturated rings. The molecule has 1 aromatic rings. The molecule has 1 aromatic carbocycles. The highest BCUT2D eigenvalue weighted by molar-refractivity contribution is 5.89. The monoisotopic (exact) mass is 310 g/mol. The van der Waals surface area contributed by atoms with E-state index in [-0.39, 0.29) is 16.7 Å². The van der Waals surface area contributed by atoms with Crippen LogP contribution >= 0.6 is 0 Å². The third-order valence-electron chi connectivity index (χ3n) is 2.68. The van der Waals surface area contributed by atoms with Gasteiger partial charge >= 0.3 is 11.9 Å². The minimum absolute atomic E-state index is 0.0194. The number of nitrogens with two attached hydrogens (primary N) is 1. The summed E-state index contributed by atoms with van der Waals surface area (Å²) in [6, 6.07) is 2.65. The molecule has 0 aromatic heterocycles. The van der Waals surface area contributed by atoms with Crippen LogP contribution < -0.4 is 5.73 Å².